The molecule has 0 bridgehead atoms. The van der Waals surface area contributed by atoms with Gasteiger partial charge in [-0.25, -0.2) is 9.97 Å². The van der Waals surface area contributed by atoms with Gasteiger partial charge >= 0.3 is 0 Å². The largest absolute Gasteiger partial charge is 0.383 e. The lowest BCUT2D eigenvalue weighted by atomic mass is 9.92. The zero-order valence-corrected chi connectivity index (χ0v) is 22.3. The van der Waals surface area contributed by atoms with Gasteiger partial charge in [0.25, 0.3) is 0 Å². The summed E-state index contributed by atoms with van der Waals surface area (Å²) in [5.41, 5.74) is 5.38. The second-order valence-electron chi connectivity index (χ2n) is 10.1. The quantitative estimate of drug-likeness (QED) is 0.292. The molecule has 0 saturated heterocycles. The molecule has 1 aliphatic heterocycles. The van der Waals surface area contributed by atoms with Gasteiger partial charge in [0, 0.05) is 16.7 Å². The van der Waals surface area contributed by atoms with Gasteiger partial charge < -0.3 is 9.67 Å². The van der Waals surface area contributed by atoms with Gasteiger partial charge in [-0.1, -0.05) is 24.1 Å². The SMILES string of the molecule is CC#Cc1cccc(C=O)c1C1CC(N(C)C)c2nc3ccc(-c4sc(C(C)(C)O)nc4C)cc3n21. The number of carbonyl (C=O) groups excluding carboxylic acids is 1. The molecule has 7 heteroatoms. The summed E-state index contributed by atoms with van der Waals surface area (Å²) in [4.78, 5) is 25.0. The van der Waals surface area contributed by atoms with Crippen LogP contribution in [0.15, 0.2) is 36.4 Å². The Labute approximate surface area is 215 Å². The molecule has 2 aromatic carbocycles. The fraction of sp³-hybridized carbons (Fsp3) is 0.345. The van der Waals surface area contributed by atoms with E-state index >= 15 is 0 Å². The minimum Gasteiger partial charge on any atom is -0.383 e. The monoisotopic (exact) mass is 498 g/mol. The van der Waals surface area contributed by atoms with Gasteiger partial charge in [-0.3, -0.25) is 9.69 Å². The molecule has 2 unspecified atom stereocenters. The highest BCUT2D eigenvalue weighted by atomic mass is 32.1. The summed E-state index contributed by atoms with van der Waals surface area (Å²) in [6.45, 7) is 7.32. The first-order chi connectivity index (χ1) is 17.1. The molecule has 0 radical (unpaired) electrons. The first kappa shape index (κ1) is 24.4. The van der Waals surface area contributed by atoms with Crippen molar-refractivity contribution >= 4 is 28.7 Å². The van der Waals surface area contributed by atoms with E-state index in [9.17, 15) is 9.90 Å². The topological polar surface area (TPSA) is 71.2 Å². The molecule has 36 heavy (non-hydrogen) atoms. The number of fused-ring (bicyclic) bond motifs is 3. The second kappa shape index (κ2) is 8.97. The van der Waals surface area contributed by atoms with Crippen LogP contribution in [-0.4, -0.2) is 44.9 Å². The van der Waals surface area contributed by atoms with E-state index in [0.29, 0.717) is 10.6 Å². The molecular weight excluding hydrogens is 468 g/mol. The molecule has 6 nitrogen and oxygen atoms in total. The number of benzene rings is 2. The van der Waals surface area contributed by atoms with Crippen LogP contribution in [0.1, 0.15) is 77.3 Å². The molecule has 0 spiro atoms. The van der Waals surface area contributed by atoms with E-state index in [4.69, 9.17) is 4.98 Å². The van der Waals surface area contributed by atoms with Gasteiger partial charge in [0.2, 0.25) is 0 Å². The lowest BCUT2D eigenvalue weighted by Gasteiger charge is -2.21. The molecule has 1 N–H and O–H groups in total. The minimum absolute atomic E-state index is 0.0700. The van der Waals surface area contributed by atoms with E-state index in [0.717, 1.165) is 56.8 Å². The summed E-state index contributed by atoms with van der Waals surface area (Å²) in [7, 11) is 4.14. The predicted octanol–water partition coefficient (Wildman–Crippen LogP) is 5.48. The molecule has 0 aliphatic carbocycles. The number of aryl methyl sites for hydroxylation is 1. The molecule has 5 rings (SSSR count). The number of imidazole rings is 1. The molecule has 0 amide bonds. The van der Waals surface area contributed by atoms with Gasteiger partial charge in [0.15, 0.2) is 0 Å². The first-order valence-corrected chi connectivity index (χ1v) is 12.9. The number of hydrogen-bond acceptors (Lipinski definition) is 6. The maximum atomic E-state index is 12.1. The third-order valence-corrected chi connectivity index (χ3v) is 8.36. The summed E-state index contributed by atoms with van der Waals surface area (Å²) < 4.78 is 2.29. The van der Waals surface area contributed by atoms with E-state index < -0.39 is 5.60 Å². The smallest absolute Gasteiger partial charge is 0.150 e. The van der Waals surface area contributed by atoms with Gasteiger partial charge in [-0.2, -0.15) is 0 Å². The van der Waals surface area contributed by atoms with E-state index in [1.165, 1.54) is 11.3 Å². The molecule has 2 atom stereocenters. The van der Waals surface area contributed by atoms with Crippen molar-refractivity contribution in [1.29, 1.82) is 0 Å². The fourth-order valence-corrected chi connectivity index (χ4v) is 6.22. The van der Waals surface area contributed by atoms with E-state index in [1.807, 2.05) is 32.0 Å². The van der Waals surface area contributed by atoms with Crippen LogP contribution in [-0.2, 0) is 5.60 Å². The van der Waals surface area contributed by atoms with Crippen molar-refractivity contribution in [2.24, 2.45) is 0 Å². The summed E-state index contributed by atoms with van der Waals surface area (Å²) in [5, 5.41) is 11.2. The van der Waals surface area contributed by atoms with Crippen molar-refractivity contribution in [2.45, 2.75) is 51.8 Å². The van der Waals surface area contributed by atoms with Gasteiger partial charge in [-0.05, 0) is 72.0 Å². The zero-order valence-electron chi connectivity index (χ0n) is 21.5. The highest BCUT2D eigenvalue weighted by molar-refractivity contribution is 7.15. The highest BCUT2D eigenvalue weighted by Gasteiger charge is 2.38. The Kier molecular flexibility index (Phi) is 6.08. The number of aromatic nitrogens is 3. The average Bonchev–Trinajstić information content (AvgIpc) is 3.50. The number of nitrogens with zero attached hydrogens (tertiary/aromatic N) is 4. The molecule has 4 aromatic rings. The van der Waals surface area contributed by atoms with Crippen LogP contribution in [0, 0.1) is 18.8 Å². The average molecular weight is 499 g/mol. The zero-order chi connectivity index (χ0) is 25.8. The Balaban J connectivity index is 1.74. The maximum Gasteiger partial charge on any atom is 0.150 e. The molecule has 184 valence electrons. The molecule has 2 aromatic heterocycles. The van der Waals surface area contributed by atoms with Crippen LogP contribution in [0.4, 0.5) is 0 Å². The minimum atomic E-state index is -0.991. The highest BCUT2D eigenvalue weighted by Crippen LogP contribution is 2.46. The third kappa shape index (κ3) is 3.96. The van der Waals surface area contributed by atoms with Crippen molar-refractivity contribution in [2.75, 3.05) is 14.1 Å². The Morgan fingerprint density at radius 3 is 2.64 bits per heavy atom. The molecular formula is C29H30N4O2S. The lowest BCUT2D eigenvalue weighted by Crippen LogP contribution is -2.18. The summed E-state index contributed by atoms with van der Waals surface area (Å²) in [6, 6.07) is 12.1. The van der Waals surface area contributed by atoms with Crippen molar-refractivity contribution in [3.63, 3.8) is 0 Å². The molecule has 0 fully saturated rings. The number of aldehydes is 1. The number of carbonyl (C=O) groups is 1. The Hall–Kier alpha value is -3.31. The number of aliphatic hydroxyl groups is 1. The van der Waals surface area contributed by atoms with E-state index in [1.54, 1.807) is 13.8 Å². The van der Waals surface area contributed by atoms with Crippen molar-refractivity contribution < 1.29 is 9.90 Å². The van der Waals surface area contributed by atoms with E-state index in [2.05, 4.69) is 58.6 Å². The Morgan fingerprint density at radius 2 is 2.00 bits per heavy atom. The number of rotatable bonds is 5. The third-order valence-electron chi connectivity index (χ3n) is 6.84. The van der Waals surface area contributed by atoms with Crippen molar-refractivity contribution in [1.82, 2.24) is 19.4 Å². The number of hydrogen-bond donors (Lipinski definition) is 1. The van der Waals surface area contributed by atoms with Gasteiger partial charge in [0.05, 0.1) is 33.7 Å². The Morgan fingerprint density at radius 1 is 1.22 bits per heavy atom. The predicted molar refractivity (Wildman–Crippen MR) is 144 cm³/mol. The normalized spacial score (nSPS) is 17.3. The van der Waals surface area contributed by atoms with Crippen LogP contribution >= 0.6 is 11.3 Å². The van der Waals surface area contributed by atoms with Crippen LogP contribution in [0.2, 0.25) is 0 Å². The molecule has 0 saturated carbocycles. The lowest BCUT2D eigenvalue weighted by molar-refractivity contribution is 0.0781. The fourth-order valence-electron chi connectivity index (χ4n) is 5.15. The number of thiazole rings is 1. The van der Waals surface area contributed by atoms with Crippen molar-refractivity contribution in [3.8, 4) is 22.3 Å². The first-order valence-electron chi connectivity index (χ1n) is 12.0. The second-order valence-corrected chi connectivity index (χ2v) is 11.1. The van der Waals surface area contributed by atoms with Gasteiger partial charge in [-0.15, -0.1) is 17.3 Å². The van der Waals surface area contributed by atoms with Crippen molar-refractivity contribution in [3.05, 3.63) is 69.6 Å². The maximum absolute atomic E-state index is 12.1. The Bertz CT molecular complexity index is 1550. The van der Waals surface area contributed by atoms with Crippen LogP contribution in [0.3, 0.4) is 0 Å². The van der Waals surface area contributed by atoms with Crippen LogP contribution in [0.25, 0.3) is 21.5 Å². The molecule has 3 heterocycles. The van der Waals surface area contributed by atoms with Gasteiger partial charge in [0.1, 0.15) is 22.7 Å². The summed E-state index contributed by atoms with van der Waals surface area (Å²) in [6.07, 6.45) is 1.74. The van der Waals surface area contributed by atoms with E-state index in [-0.39, 0.29) is 12.1 Å². The molecule has 1 aliphatic rings. The van der Waals surface area contributed by atoms with Crippen LogP contribution in [0.5, 0.6) is 0 Å². The summed E-state index contributed by atoms with van der Waals surface area (Å²) >= 11 is 1.52. The standard InChI is InChI=1S/C29H30N4O2S/c1-7-9-18-10-8-11-20(16-34)25(18)23-15-24(32(5)6)27-31-21-13-12-19(14-22(21)33(23)27)26-17(2)30-28(36-26)29(3,4)35/h8,10-14,16,23-24,35H,15H2,1-6H3. The van der Waals surface area contributed by atoms with Crippen LogP contribution < -0.4 is 0 Å². The summed E-state index contributed by atoms with van der Waals surface area (Å²) in [5.74, 6) is 7.22.